The smallest absolute Gasteiger partial charge is 0.224 e. The van der Waals surface area contributed by atoms with Gasteiger partial charge in [0, 0.05) is 77.3 Å². The van der Waals surface area contributed by atoms with Crippen LogP contribution in [0.4, 0.5) is 5.13 Å². The van der Waals surface area contributed by atoms with E-state index in [1.807, 2.05) is 11.0 Å². The Balaban J connectivity index is 1.24. The first-order chi connectivity index (χ1) is 18.1. The van der Waals surface area contributed by atoms with Crippen molar-refractivity contribution in [3.05, 3.63) is 83.2 Å². The first-order valence-electron chi connectivity index (χ1n) is 12.9. The van der Waals surface area contributed by atoms with Gasteiger partial charge in [-0.05, 0) is 18.1 Å². The molecular weight excluding hydrogens is 482 g/mol. The van der Waals surface area contributed by atoms with Gasteiger partial charge < -0.3 is 14.5 Å². The van der Waals surface area contributed by atoms with E-state index in [-0.39, 0.29) is 5.91 Å². The van der Waals surface area contributed by atoms with Crippen LogP contribution in [0.1, 0.15) is 28.9 Å². The van der Waals surface area contributed by atoms with Crippen molar-refractivity contribution in [2.75, 3.05) is 64.4 Å². The summed E-state index contributed by atoms with van der Waals surface area (Å²) in [6.45, 7) is 8.22. The average molecular weight is 520 g/mol. The molecule has 8 heteroatoms. The van der Waals surface area contributed by atoms with E-state index < -0.39 is 0 Å². The van der Waals surface area contributed by atoms with Crippen molar-refractivity contribution in [2.45, 2.75) is 19.8 Å². The monoisotopic (exact) mass is 519 g/mol. The summed E-state index contributed by atoms with van der Waals surface area (Å²) in [4.78, 5) is 24.3. The van der Waals surface area contributed by atoms with Crippen molar-refractivity contribution in [2.24, 2.45) is 0 Å². The summed E-state index contributed by atoms with van der Waals surface area (Å²) < 4.78 is 9.88. The molecule has 7 nitrogen and oxygen atoms in total. The molecule has 0 radical (unpaired) electrons. The second-order valence-electron chi connectivity index (χ2n) is 9.38. The van der Waals surface area contributed by atoms with Gasteiger partial charge in [-0.2, -0.15) is 4.37 Å². The van der Waals surface area contributed by atoms with Gasteiger partial charge in [0.15, 0.2) is 0 Å². The minimum Gasteiger partial charge on any atom is -0.383 e. The summed E-state index contributed by atoms with van der Waals surface area (Å²) >= 11 is 1.40. The summed E-state index contributed by atoms with van der Waals surface area (Å²) in [5.41, 5.74) is 3.66. The van der Waals surface area contributed by atoms with Crippen molar-refractivity contribution < 1.29 is 9.53 Å². The zero-order valence-corrected chi connectivity index (χ0v) is 22.7. The summed E-state index contributed by atoms with van der Waals surface area (Å²) in [5.74, 6) is 1.02. The minimum absolute atomic E-state index is 0.200. The summed E-state index contributed by atoms with van der Waals surface area (Å²) in [7, 11) is 1.70. The van der Waals surface area contributed by atoms with Gasteiger partial charge >= 0.3 is 0 Å². The topological polar surface area (TPSA) is 61.8 Å². The molecule has 0 spiro atoms. The number of aryl methyl sites for hydroxylation is 1. The number of piperazine rings is 1. The average Bonchev–Trinajstić information content (AvgIpc) is 3.39. The van der Waals surface area contributed by atoms with Crippen LogP contribution in [0.5, 0.6) is 0 Å². The largest absolute Gasteiger partial charge is 0.383 e. The quantitative estimate of drug-likeness (QED) is 0.359. The number of amides is 1. The van der Waals surface area contributed by atoms with Crippen molar-refractivity contribution in [1.29, 1.82) is 0 Å². The van der Waals surface area contributed by atoms with Gasteiger partial charge in [-0.3, -0.25) is 9.69 Å². The Bertz CT molecular complexity index is 1120. The first-order valence-corrected chi connectivity index (χ1v) is 13.7. The number of carbonyl (C=O) groups is 1. The number of ether oxygens (including phenoxy) is 1. The van der Waals surface area contributed by atoms with E-state index in [0.717, 1.165) is 43.7 Å². The Morgan fingerprint density at radius 1 is 1.05 bits per heavy atom. The van der Waals surface area contributed by atoms with E-state index in [9.17, 15) is 4.79 Å². The maximum atomic E-state index is 13.0. The van der Waals surface area contributed by atoms with Crippen LogP contribution in [0.2, 0.25) is 0 Å². The molecule has 0 aliphatic carbocycles. The molecule has 1 fully saturated rings. The van der Waals surface area contributed by atoms with Gasteiger partial charge in [0.05, 0.1) is 6.61 Å². The fourth-order valence-electron chi connectivity index (χ4n) is 4.31. The van der Waals surface area contributed by atoms with Crippen molar-refractivity contribution in [1.82, 2.24) is 19.2 Å². The molecule has 1 aliphatic heterocycles. The molecule has 4 rings (SSSR count). The third kappa shape index (κ3) is 8.49. The fraction of sp³-hybridized carbons (Fsp3) is 0.414. The van der Waals surface area contributed by atoms with Crippen LogP contribution < -0.4 is 4.90 Å². The third-order valence-corrected chi connectivity index (χ3v) is 7.38. The Morgan fingerprint density at radius 3 is 2.54 bits per heavy atom. The number of benzene rings is 2. The van der Waals surface area contributed by atoms with Gasteiger partial charge in [0.2, 0.25) is 11.0 Å². The molecule has 0 atom stereocenters. The van der Waals surface area contributed by atoms with Crippen molar-refractivity contribution >= 4 is 28.6 Å². The van der Waals surface area contributed by atoms with Crippen LogP contribution in [0, 0.1) is 6.92 Å². The summed E-state index contributed by atoms with van der Waals surface area (Å²) in [5, 5.41) is 0.849. The second kappa shape index (κ2) is 14.0. The molecular formula is C29H37N5O2S. The highest BCUT2D eigenvalue weighted by atomic mass is 32.1. The Morgan fingerprint density at radius 2 is 1.81 bits per heavy atom. The lowest BCUT2D eigenvalue weighted by Crippen LogP contribution is -2.49. The number of anilines is 1. The molecule has 196 valence electrons. The Hall–Kier alpha value is -3.07. The van der Waals surface area contributed by atoms with Gasteiger partial charge in [-0.1, -0.05) is 72.3 Å². The van der Waals surface area contributed by atoms with Crippen molar-refractivity contribution in [3.8, 4) is 0 Å². The molecule has 0 unspecified atom stereocenters. The number of aromatic nitrogens is 2. The lowest BCUT2D eigenvalue weighted by Gasteiger charge is -2.34. The van der Waals surface area contributed by atoms with E-state index in [1.54, 1.807) is 7.11 Å². The number of hydrogen-bond donors (Lipinski definition) is 0. The molecule has 1 aliphatic rings. The zero-order valence-electron chi connectivity index (χ0n) is 21.9. The highest BCUT2D eigenvalue weighted by molar-refractivity contribution is 7.09. The number of rotatable bonds is 12. The molecule has 0 saturated carbocycles. The predicted octanol–water partition coefficient (Wildman–Crippen LogP) is 4.14. The SMILES string of the molecule is COCCN(CCC(=O)N1CCN(CC=Cc2ccccc2)CC1)c1nc(Cc2ccc(C)cc2)ns1. The van der Waals surface area contributed by atoms with Gasteiger partial charge in [0.25, 0.3) is 0 Å². The Kier molecular flexibility index (Phi) is 10.2. The van der Waals surface area contributed by atoms with E-state index in [1.165, 1.54) is 28.2 Å². The van der Waals surface area contributed by atoms with Crippen LogP contribution in [0.3, 0.4) is 0 Å². The van der Waals surface area contributed by atoms with E-state index in [0.29, 0.717) is 32.5 Å². The number of methoxy groups -OCH3 is 1. The lowest BCUT2D eigenvalue weighted by atomic mass is 10.1. The maximum Gasteiger partial charge on any atom is 0.224 e. The Labute approximate surface area is 224 Å². The van der Waals surface area contributed by atoms with Gasteiger partial charge in [-0.25, -0.2) is 4.98 Å². The fourth-order valence-corrected chi connectivity index (χ4v) is 5.05. The number of nitrogens with zero attached hydrogens (tertiary/aromatic N) is 5. The third-order valence-electron chi connectivity index (χ3n) is 6.57. The minimum atomic E-state index is 0.200. The van der Waals surface area contributed by atoms with Crippen LogP contribution in [0.25, 0.3) is 6.08 Å². The van der Waals surface area contributed by atoms with Gasteiger partial charge in [-0.15, -0.1) is 0 Å². The molecule has 2 heterocycles. The summed E-state index contributed by atoms with van der Waals surface area (Å²) in [6.07, 6.45) is 5.53. The molecule has 37 heavy (non-hydrogen) atoms. The highest BCUT2D eigenvalue weighted by Gasteiger charge is 2.22. The first kappa shape index (κ1) is 27.0. The molecule has 3 aromatic rings. The standard InChI is InChI=1S/C29H37N5O2S/c1-24-10-12-26(13-11-24)23-27-30-29(37-31-27)34(21-22-36-2)16-14-28(35)33-19-17-32(18-20-33)15-6-9-25-7-4-3-5-8-25/h3-13H,14-23H2,1-2H3. The van der Waals surface area contributed by atoms with Crippen molar-refractivity contribution in [3.63, 3.8) is 0 Å². The van der Waals surface area contributed by atoms with Gasteiger partial charge in [0.1, 0.15) is 5.82 Å². The maximum absolute atomic E-state index is 13.0. The lowest BCUT2D eigenvalue weighted by molar-refractivity contribution is -0.132. The molecule has 0 bridgehead atoms. The molecule has 0 N–H and O–H groups in total. The normalized spacial score (nSPS) is 14.4. The van der Waals surface area contributed by atoms with Crippen LogP contribution in [-0.4, -0.2) is 84.6 Å². The van der Waals surface area contributed by atoms with Crippen LogP contribution in [-0.2, 0) is 16.0 Å². The van der Waals surface area contributed by atoms with E-state index in [4.69, 9.17) is 9.72 Å². The summed E-state index contributed by atoms with van der Waals surface area (Å²) in [6, 6.07) is 18.8. The molecule has 1 amide bonds. The highest BCUT2D eigenvalue weighted by Crippen LogP contribution is 2.20. The number of hydrogen-bond acceptors (Lipinski definition) is 7. The molecule has 2 aromatic carbocycles. The molecule has 1 aromatic heterocycles. The van der Waals surface area contributed by atoms with Crippen LogP contribution in [0.15, 0.2) is 60.7 Å². The molecule has 1 saturated heterocycles. The zero-order chi connectivity index (χ0) is 25.9. The second-order valence-corrected chi connectivity index (χ2v) is 10.1. The number of carbonyl (C=O) groups excluding carboxylic acids is 1. The van der Waals surface area contributed by atoms with E-state index >= 15 is 0 Å². The van der Waals surface area contributed by atoms with E-state index in [2.05, 4.69) is 81.8 Å². The predicted molar refractivity (Wildman–Crippen MR) is 151 cm³/mol. The van der Waals surface area contributed by atoms with Crippen LogP contribution >= 0.6 is 11.5 Å².